The average molecular weight is 215 g/mol. The van der Waals surface area contributed by atoms with Gasteiger partial charge in [-0.25, -0.2) is 18.4 Å². The van der Waals surface area contributed by atoms with Crippen molar-refractivity contribution in [1.82, 2.24) is 9.97 Å². The lowest BCUT2D eigenvalue weighted by molar-refractivity contribution is 0.596. The maximum absolute atomic E-state index is 11.2. The van der Waals surface area contributed by atoms with Gasteiger partial charge in [-0.05, 0) is 19.5 Å². The van der Waals surface area contributed by atoms with Crippen LogP contribution in [0.15, 0.2) is 11.1 Å². The summed E-state index contributed by atoms with van der Waals surface area (Å²) in [5.41, 5.74) is 6.03. The van der Waals surface area contributed by atoms with Gasteiger partial charge in [-0.3, -0.25) is 0 Å². The zero-order valence-corrected chi connectivity index (χ0v) is 9.00. The number of hydrogen-bond donors (Lipinski definition) is 1. The van der Waals surface area contributed by atoms with Crippen LogP contribution in [-0.4, -0.2) is 31.2 Å². The van der Waals surface area contributed by atoms with Gasteiger partial charge >= 0.3 is 0 Å². The molecule has 1 aromatic heterocycles. The molecule has 14 heavy (non-hydrogen) atoms. The number of aromatic nitrogens is 2. The summed E-state index contributed by atoms with van der Waals surface area (Å²) < 4.78 is 22.4. The predicted octanol–water partition coefficient (Wildman–Crippen LogP) is -0.310. The van der Waals surface area contributed by atoms with Crippen molar-refractivity contribution < 1.29 is 8.42 Å². The smallest absolute Gasteiger partial charge is 0.192 e. The van der Waals surface area contributed by atoms with Crippen LogP contribution in [0.4, 0.5) is 0 Å². The first-order valence-electron chi connectivity index (χ1n) is 4.18. The molecule has 0 spiro atoms. The molecule has 1 aromatic rings. The summed E-state index contributed by atoms with van der Waals surface area (Å²) in [6.07, 6.45) is 1.69. The molecule has 5 nitrogen and oxygen atoms in total. The maximum atomic E-state index is 11.2. The zero-order chi connectivity index (χ0) is 10.8. The Balaban J connectivity index is 3.21. The number of nitrogens with two attached hydrogens (primary N) is 1. The monoisotopic (exact) mass is 215 g/mol. The molecule has 0 aliphatic carbocycles. The van der Waals surface area contributed by atoms with Crippen LogP contribution in [0.25, 0.3) is 0 Å². The lowest BCUT2D eigenvalue weighted by atomic mass is 10.3. The normalized spacial score (nSPS) is 11.6. The lowest BCUT2D eigenvalue weighted by Gasteiger charge is -2.03. The Morgan fingerprint density at radius 2 is 2.07 bits per heavy atom. The Labute approximate surface area is 83.3 Å². The largest absolute Gasteiger partial charge is 0.330 e. The van der Waals surface area contributed by atoms with Crippen molar-refractivity contribution in [2.75, 3.05) is 12.8 Å². The molecule has 0 saturated carbocycles. The van der Waals surface area contributed by atoms with E-state index in [1.807, 2.05) is 0 Å². The minimum absolute atomic E-state index is 0.0634. The van der Waals surface area contributed by atoms with Crippen molar-refractivity contribution in [3.05, 3.63) is 17.6 Å². The molecule has 6 heteroatoms. The van der Waals surface area contributed by atoms with Gasteiger partial charge in [0.05, 0.1) is 0 Å². The number of hydrogen-bond acceptors (Lipinski definition) is 5. The molecule has 0 atom stereocenters. The maximum Gasteiger partial charge on any atom is 0.192 e. The molecule has 0 unspecified atom stereocenters. The number of aryl methyl sites for hydroxylation is 1. The first-order valence-corrected chi connectivity index (χ1v) is 6.07. The van der Waals surface area contributed by atoms with Crippen LogP contribution < -0.4 is 5.73 Å². The molecular formula is C8H13N3O2S. The Morgan fingerprint density at radius 1 is 1.43 bits per heavy atom. The topological polar surface area (TPSA) is 85.9 Å². The van der Waals surface area contributed by atoms with Crippen LogP contribution >= 0.6 is 0 Å². The van der Waals surface area contributed by atoms with Crippen LogP contribution in [-0.2, 0) is 16.3 Å². The molecule has 2 N–H and O–H groups in total. The number of rotatable bonds is 3. The van der Waals surface area contributed by atoms with Gasteiger partial charge in [0.25, 0.3) is 0 Å². The van der Waals surface area contributed by atoms with E-state index in [4.69, 9.17) is 5.73 Å². The Kier molecular flexibility index (Phi) is 3.17. The number of sulfone groups is 1. The van der Waals surface area contributed by atoms with Crippen LogP contribution in [0.1, 0.15) is 11.5 Å². The van der Waals surface area contributed by atoms with Crippen molar-refractivity contribution in [2.24, 2.45) is 5.73 Å². The minimum Gasteiger partial charge on any atom is -0.330 e. The molecule has 0 amide bonds. The van der Waals surface area contributed by atoms with E-state index in [9.17, 15) is 8.42 Å². The van der Waals surface area contributed by atoms with Gasteiger partial charge < -0.3 is 5.73 Å². The molecule has 0 aromatic carbocycles. The van der Waals surface area contributed by atoms with Gasteiger partial charge in [0.15, 0.2) is 14.9 Å². The van der Waals surface area contributed by atoms with E-state index >= 15 is 0 Å². The second-order valence-corrected chi connectivity index (χ2v) is 5.02. The van der Waals surface area contributed by atoms with E-state index in [1.165, 1.54) is 6.07 Å². The summed E-state index contributed by atoms with van der Waals surface area (Å²) in [6.45, 7) is 2.11. The van der Waals surface area contributed by atoms with Crippen LogP contribution in [0, 0.1) is 6.92 Å². The highest BCUT2D eigenvalue weighted by atomic mass is 32.2. The molecular weight excluding hydrogens is 202 g/mol. The van der Waals surface area contributed by atoms with E-state index in [2.05, 4.69) is 9.97 Å². The second kappa shape index (κ2) is 4.02. The predicted molar refractivity (Wildman–Crippen MR) is 52.6 cm³/mol. The average Bonchev–Trinajstić information content (AvgIpc) is 2.02. The first-order chi connectivity index (χ1) is 6.43. The molecule has 1 rings (SSSR count). The molecule has 0 radical (unpaired) electrons. The highest BCUT2D eigenvalue weighted by Gasteiger charge is 2.11. The first kappa shape index (κ1) is 11.1. The molecule has 1 heterocycles. The van der Waals surface area contributed by atoms with Crippen molar-refractivity contribution in [3.63, 3.8) is 0 Å². The Bertz CT molecular complexity index is 428. The van der Waals surface area contributed by atoms with Gasteiger partial charge in [0, 0.05) is 18.4 Å². The summed E-state index contributed by atoms with van der Waals surface area (Å²) in [5.74, 6) is 0.455. The second-order valence-electron chi connectivity index (χ2n) is 3.06. The van der Waals surface area contributed by atoms with E-state index in [0.717, 1.165) is 6.26 Å². The van der Waals surface area contributed by atoms with Crippen molar-refractivity contribution >= 4 is 9.84 Å². The number of nitrogens with zero attached hydrogens (tertiary/aromatic N) is 2. The fraction of sp³-hybridized carbons (Fsp3) is 0.500. The van der Waals surface area contributed by atoms with Crippen LogP contribution in [0.3, 0.4) is 0 Å². The lowest BCUT2D eigenvalue weighted by Crippen LogP contribution is -2.09. The fourth-order valence-corrected chi connectivity index (χ4v) is 1.71. The third kappa shape index (κ3) is 2.74. The Morgan fingerprint density at radius 3 is 2.57 bits per heavy atom. The van der Waals surface area contributed by atoms with Crippen molar-refractivity contribution in [1.29, 1.82) is 0 Å². The van der Waals surface area contributed by atoms with E-state index in [-0.39, 0.29) is 5.03 Å². The standard InChI is InChI=1S/C8H13N3O2S/c1-6-10-7(3-4-9)5-8(11-6)14(2,12)13/h5H,3-4,9H2,1-2H3. The van der Waals surface area contributed by atoms with Gasteiger partial charge in [-0.15, -0.1) is 0 Å². The highest BCUT2D eigenvalue weighted by Crippen LogP contribution is 2.07. The van der Waals surface area contributed by atoms with Crippen LogP contribution in [0.5, 0.6) is 0 Å². The van der Waals surface area contributed by atoms with Crippen molar-refractivity contribution in [2.45, 2.75) is 18.4 Å². The van der Waals surface area contributed by atoms with E-state index in [0.29, 0.717) is 24.5 Å². The van der Waals surface area contributed by atoms with Gasteiger partial charge in [-0.1, -0.05) is 0 Å². The molecule has 0 bridgehead atoms. The third-order valence-corrected chi connectivity index (χ3v) is 2.62. The fourth-order valence-electron chi connectivity index (χ4n) is 1.07. The zero-order valence-electron chi connectivity index (χ0n) is 8.19. The summed E-state index contributed by atoms with van der Waals surface area (Å²) in [6, 6.07) is 1.47. The highest BCUT2D eigenvalue weighted by molar-refractivity contribution is 7.90. The quantitative estimate of drug-likeness (QED) is 0.699. The summed E-state index contributed by atoms with van der Waals surface area (Å²) in [5, 5.41) is 0.0634. The van der Waals surface area contributed by atoms with Gasteiger partial charge in [0.1, 0.15) is 5.82 Å². The molecule has 0 fully saturated rings. The molecule has 0 aliphatic rings. The van der Waals surface area contributed by atoms with Gasteiger partial charge in [0.2, 0.25) is 0 Å². The SMILES string of the molecule is Cc1nc(CCN)cc(S(C)(=O)=O)n1. The summed E-state index contributed by atoms with van der Waals surface area (Å²) in [4.78, 5) is 7.93. The molecule has 0 saturated heterocycles. The van der Waals surface area contributed by atoms with Gasteiger partial charge in [-0.2, -0.15) is 0 Å². The summed E-state index contributed by atoms with van der Waals surface area (Å²) in [7, 11) is -3.26. The Hall–Kier alpha value is -1.01. The van der Waals surface area contributed by atoms with E-state index < -0.39 is 9.84 Å². The minimum atomic E-state index is -3.26. The molecule has 78 valence electrons. The third-order valence-electron chi connectivity index (χ3n) is 1.65. The van der Waals surface area contributed by atoms with E-state index in [1.54, 1.807) is 6.92 Å². The van der Waals surface area contributed by atoms with Crippen LogP contribution in [0.2, 0.25) is 0 Å². The van der Waals surface area contributed by atoms with Crippen molar-refractivity contribution in [3.8, 4) is 0 Å². The molecule has 0 aliphatic heterocycles. The summed E-state index contributed by atoms with van der Waals surface area (Å²) >= 11 is 0.